The van der Waals surface area contributed by atoms with Crippen LogP contribution >= 0.6 is 0 Å². The van der Waals surface area contributed by atoms with Crippen molar-refractivity contribution in [3.8, 4) is 5.75 Å². The van der Waals surface area contributed by atoms with Crippen molar-refractivity contribution in [1.29, 1.82) is 0 Å². The third-order valence-electron chi connectivity index (χ3n) is 7.28. The molecule has 1 amide bonds. The fourth-order valence-corrected chi connectivity index (χ4v) is 9.52. The summed E-state index contributed by atoms with van der Waals surface area (Å²) in [4.78, 5) is 11.8. The topological polar surface area (TPSA) is 88.0 Å². The van der Waals surface area contributed by atoms with Crippen LogP contribution in [0.2, 0.25) is 18.6 Å². The molecule has 0 saturated carbocycles. The molecule has 2 aromatic carbocycles. The van der Waals surface area contributed by atoms with Gasteiger partial charge in [-0.1, -0.05) is 49.5 Å². The van der Waals surface area contributed by atoms with Crippen LogP contribution in [0.1, 0.15) is 32.3 Å². The minimum Gasteiger partial charge on any atom is -0.497 e. The largest absolute Gasteiger partial charge is 0.497 e. The number of ether oxygens (including phenoxy) is 2. The number of aliphatic hydroxyl groups excluding tert-OH is 2. The summed E-state index contributed by atoms with van der Waals surface area (Å²) in [6, 6.07) is 16.2. The number of aryl methyl sites for hydroxylation is 1. The molecule has 1 aliphatic heterocycles. The van der Waals surface area contributed by atoms with Gasteiger partial charge in [0.25, 0.3) is 5.91 Å². The fraction of sp³-hybridized carbons (Fsp3) is 0.519. The van der Waals surface area contributed by atoms with Gasteiger partial charge in [-0.25, -0.2) is 0 Å². The van der Waals surface area contributed by atoms with E-state index in [0.717, 1.165) is 24.2 Å². The maximum absolute atomic E-state index is 11.8. The second kappa shape index (κ2) is 11.5. The first-order chi connectivity index (χ1) is 16.2. The SMILES string of the molecule is COc1ccc([Si](C)(C)[C@@H]2[C@@H](C)[C@@H](CCc3cccc(NC(=O)[C@H](C)O)c3)O[C@H]2CCO)cc1. The molecule has 1 fully saturated rings. The maximum Gasteiger partial charge on any atom is 0.252 e. The molecule has 34 heavy (non-hydrogen) atoms. The van der Waals surface area contributed by atoms with Crippen LogP contribution < -0.4 is 15.2 Å². The Bertz CT molecular complexity index is 946. The molecular formula is C27H39NO5Si. The Morgan fingerprint density at radius 1 is 1.15 bits per heavy atom. The summed E-state index contributed by atoms with van der Waals surface area (Å²) in [6.45, 7) is 8.68. The van der Waals surface area contributed by atoms with E-state index in [1.54, 1.807) is 7.11 Å². The molecule has 0 aliphatic carbocycles. The zero-order valence-corrected chi connectivity index (χ0v) is 22.0. The lowest BCUT2D eigenvalue weighted by molar-refractivity contribution is -0.123. The minimum absolute atomic E-state index is 0.0467. The van der Waals surface area contributed by atoms with Crippen LogP contribution in [0.3, 0.4) is 0 Å². The van der Waals surface area contributed by atoms with E-state index < -0.39 is 20.1 Å². The smallest absolute Gasteiger partial charge is 0.252 e. The number of carbonyl (C=O) groups is 1. The molecule has 0 unspecified atom stereocenters. The van der Waals surface area contributed by atoms with E-state index in [-0.39, 0.29) is 18.8 Å². The Kier molecular flexibility index (Phi) is 8.93. The molecule has 2 aromatic rings. The Balaban J connectivity index is 1.72. The van der Waals surface area contributed by atoms with Gasteiger partial charge in [0.1, 0.15) is 11.9 Å². The molecule has 186 valence electrons. The molecule has 0 radical (unpaired) electrons. The monoisotopic (exact) mass is 485 g/mol. The third kappa shape index (κ3) is 6.08. The highest BCUT2D eigenvalue weighted by molar-refractivity contribution is 6.91. The normalized spacial score (nSPS) is 23.5. The average molecular weight is 486 g/mol. The number of nitrogens with one attached hydrogen (secondary N) is 1. The van der Waals surface area contributed by atoms with Crippen LogP contribution in [-0.2, 0) is 16.0 Å². The Morgan fingerprint density at radius 3 is 2.47 bits per heavy atom. The molecule has 1 saturated heterocycles. The van der Waals surface area contributed by atoms with E-state index in [4.69, 9.17) is 9.47 Å². The molecular weight excluding hydrogens is 446 g/mol. The highest BCUT2D eigenvalue weighted by Crippen LogP contribution is 2.46. The standard InChI is InChI=1S/C27H39NO5Si/c1-18-24(14-9-20-7-6-8-21(17-20)28-27(31)19(2)30)33-25(15-16-29)26(18)34(4,5)23-12-10-22(32-3)11-13-23/h6-8,10-13,17-19,24-26,29-30H,9,14-16H2,1-5H3,(H,28,31)/t18-,19-,24+,25-,26+/m0/s1. The van der Waals surface area contributed by atoms with Crippen LogP contribution in [0.5, 0.6) is 5.75 Å². The highest BCUT2D eigenvalue weighted by atomic mass is 28.3. The summed E-state index contributed by atoms with van der Waals surface area (Å²) in [5, 5.41) is 23.3. The lowest BCUT2D eigenvalue weighted by atomic mass is 9.95. The number of hydrogen-bond donors (Lipinski definition) is 3. The summed E-state index contributed by atoms with van der Waals surface area (Å²) in [6.07, 6.45) is 1.47. The van der Waals surface area contributed by atoms with Crippen LogP contribution in [0, 0.1) is 5.92 Å². The zero-order valence-electron chi connectivity index (χ0n) is 21.0. The molecule has 6 nitrogen and oxygen atoms in total. The van der Waals surface area contributed by atoms with E-state index in [9.17, 15) is 15.0 Å². The molecule has 0 aromatic heterocycles. The van der Waals surface area contributed by atoms with Crippen molar-refractivity contribution >= 4 is 24.9 Å². The van der Waals surface area contributed by atoms with E-state index in [1.807, 2.05) is 30.3 Å². The van der Waals surface area contributed by atoms with Crippen LogP contribution in [0.15, 0.2) is 48.5 Å². The molecule has 1 heterocycles. The number of hydrogen-bond acceptors (Lipinski definition) is 5. The van der Waals surface area contributed by atoms with E-state index in [2.05, 4.69) is 43.5 Å². The van der Waals surface area contributed by atoms with Crippen molar-refractivity contribution in [3.05, 3.63) is 54.1 Å². The van der Waals surface area contributed by atoms with Gasteiger partial charge in [0.15, 0.2) is 0 Å². The predicted molar refractivity (Wildman–Crippen MR) is 138 cm³/mol. The van der Waals surface area contributed by atoms with Crippen molar-refractivity contribution < 1.29 is 24.5 Å². The minimum atomic E-state index is -1.90. The van der Waals surface area contributed by atoms with Gasteiger partial charge in [0.2, 0.25) is 0 Å². The van der Waals surface area contributed by atoms with E-state index in [1.165, 1.54) is 12.1 Å². The van der Waals surface area contributed by atoms with Crippen molar-refractivity contribution in [2.75, 3.05) is 19.0 Å². The highest BCUT2D eigenvalue weighted by Gasteiger charge is 2.50. The van der Waals surface area contributed by atoms with E-state index in [0.29, 0.717) is 23.6 Å². The number of benzene rings is 2. The maximum atomic E-state index is 11.8. The second-order valence-electron chi connectivity index (χ2n) is 9.96. The van der Waals surface area contributed by atoms with Gasteiger partial charge in [-0.3, -0.25) is 4.79 Å². The summed E-state index contributed by atoms with van der Waals surface area (Å²) in [7, 11) is -0.213. The Hall–Kier alpha value is -2.19. The summed E-state index contributed by atoms with van der Waals surface area (Å²) >= 11 is 0. The van der Waals surface area contributed by atoms with Crippen LogP contribution in [0.25, 0.3) is 0 Å². The average Bonchev–Trinajstić information content (AvgIpc) is 3.13. The lowest BCUT2D eigenvalue weighted by Crippen LogP contribution is -2.50. The van der Waals surface area contributed by atoms with Gasteiger partial charge in [-0.2, -0.15) is 0 Å². The third-order valence-corrected chi connectivity index (χ3v) is 11.7. The van der Waals surface area contributed by atoms with Crippen molar-refractivity contribution in [2.45, 2.75) is 70.1 Å². The van der Waals surface area contributed by atoms with Crippen molar-refractivity contribution in [3.63, 3.8) is 0 Å². The summed E-state index contributed by atoms with van der Waals surface area (Å²) in [5.41, 5.74) is 2.20. The zero-order chi connectivity index (χ0) is 24.9. The lowest BCUT2D eigenvalue weighted by Gasteiger charge is -2.36. The first kappa shape index (κ1) is 26.4. The van der Waals surface area contributed by atoms with Gasteiger partial charge in [0, 0.05) is 12.3 Å². The number of aliphatic hydroxyl groups is 2. The quantitative estimate of drug-likeness (QED) is 0.447. The summed E-state index contributed by atoms with van der Waals surface area (Å²) in [5.74, 6) is 0.824. The number of anilines is 1. The van der Waals surface area contributed by atoms with Gasteiger partial charge in [-0.05, 0) is 67.5 Å². The van der Waals surface area contributed by atoms with E-state index >= 15 is 0 Å². The molecule has 0 spiro atoms. The first-order valence-corrected chi connectivity index (χ1v) is 15.2. The van der Waals surface area contributed by atoms with Crippen molar-refractivity contribution in [2.24, 2.45) is 5.92 Å². The molecule has 0 bridgehead atoms. The summed E-state index contributed by atoms with van der Waals surface area (Å²) < 4.78 is 11.9. The van der Waals surface area contributed by atoms with Crippen LogP contribution in [-0.4, -0.2) is 56.2 Å². The second-order valence-corrected chi connectivity index (χ2v) is 14.7. The van der Waals surface area contributed by atoms with Gasteiger partial charge < -0.3 is 25.0 Å². The van der Waals surface area contributed by atoms with Gasteiger partial charge >= 0.3 is 0 Å². The molecule has 7 heteroatoms. The number of carbonyl (C=O) groups excluding carboxylic acids is 1. The first-order valence-electron chi connectivity index (χ1n) is 12.2. The van der Waals surface area contributed by atoms with Gasteiger partial charge in [-0.15, -0.1) is 0 Å². The fourth-order valence-electron chi connectivity index (χ4n) is 5.40. The predicted octanol–water partition coefficient (Wildman–Crippen LogP) is 3.72. The Labute approximate surface area is 204 Å². The molecule has 3 rings (SSSR count). The number of amides is 1. The van der Waals surface area contributed by atoms with Crippen molar-refractivity contribution in [1.82, 2.24) is 0 Å². The van der Waals surface area contributed by atoms with Gasteiger partial charge in [0.05, 0.1) is 27.4 Å². The molecule has 5 atom stereocenters. The number of rotatable bonds is 10. The molecule has 3 N–H and O–H groups in total. The molecule has 1 aliphatic rings. The Morgan fingerprint density at radius 2 is 1.85 bits per heavy atom. The van der Waals surface area contributed by atoms with Crippen LogP contribution in [0.4, 0.5) is 5.69 Å². The number of methoxy groups -OCH3 is 1.